The highest BCUT2D eigenvalue weighted by Gasteiger charge is 2.13. The summed E-state index contributed by atoms with van der Waals surface area (Å²) in [5.41, 5.74) is 1.29. The van der Waals surface area contributed by atoms with Crippen LogP contribution in [0, 0.1) is 6.92 Å². The monoisotopic (exact) mass is 306 g/mol. The number of ketones is 1. The van der Waals surface area contributed by atoms with Crippen LogP contribution in [-0.4, -0.2) is 15.8 Å². The first-order valence-electron chi connectivity index (χ1n) is 6.91. The lowest BCUT2D eigenvalue weighted by Gasteiger charge is -2.10. The Bertz CT molecular complexity index is 615. The highest BCUT2D eigenvalue weighted by atomic mass is 35.5. The highest BCUT2D eigenvalue weighted by Crippen LogP contribution is 2.27. The molecule has 0 bridgehead atoms. The van der Waals surface area contributed by atoms with Crippen molar-refractivity contribution < 1.29 is 9.53 Å². The molecule has 1 aromatic carbocycles. The Labute approximate surface area is 130 Å². The van der Waals surface area contributed by atoms with Crippen LogP contribution in [0.25, 0.3) is 0 Å². The zero-order chi connectivity index (χ0) is 15.8. The van der Waals surface area contributed by atoms with E-state index in [0.717, 1.165) is 5.56 Å². The molecule has 2 aromatic rings. The van der Waals surface area contributed by atoms with Gasteiger partial charge in [0.15, 0.2) is 5.78 Å². The van der Waals surface area contributed by atoms with Gasteiger partial charge in [-0.1, -0.05) is 32.9 Å². The van der Waals surface area contributed by atoms with Crippen LogP contribution >= 0.6 is 11.6 Å². The van der Waals surface area contributed by atoms with E-state index in [0.29, 0.717) is 23.6 Å². The Kier molecular flexibility index (Phi) is 6.82. The van der Waals surface area contributed by atoms with E-state index in [9.17, 15) is 4.79 Å². The minimum absolute atomic E-state index is 0.0217. The van der Waals surface area contributed by atoms with Crippen LogP contribution in [0.1, 0.15) is 43.1 Å². The fraction of sp³-hybridized carbons (Fsp3) is 0.312. The number of halogens is 1. The van der Waals surface area contributed by atoms with E-state index < -0.39 is 0 Å². The van der Waals surface area contributed by atoms with Crippen LogP contribution in [0.4, 0.5) is 0 Å². The van der Waals surface area contributed by atoms with E-state index in [1.807, 2.05) is 27.7 Å². The summed E-state index contributed by atoms with van der Waals surface area (Å²) in [5, 5.41) is 0.111. The summed E-state index contributed by atoms with van der Waals surface area (Å²) in [4.78, 5) is 19.7. The molecule has 0 spiro atoms. The summed E-state index contributed by atoms with van der Waals surface area (Å²) < 4.78 is 5.69. The lowest BCUT2D eigenvalue weighted by molar-refractivity contribution is 0.0986. The highest BCUT2D eigenvalue weighted by molar-refractivity contribution is 6.28. The van der Waals surface area contributed by atoms with Crippen LogP contribution in [-0.2, 0) is 0 Å². The van der Waals surface area contributed by atoms with E-state index in [-0.39, 0.29) is 11.1 Å². The number of nitrogens with zero attached hydrogens (tertiary/aromatic N) is 2. The van der Waals surface area contributed by atoms with Crippen LogP contribution < -0.4 is 4.74 Å². The predicted octanol–water partition coefficient (Wildman–Crippen LogP) is 4.85. The minimum Gasteiger partial charge on any atom is -0.438 e. The molecular weight excluding hydrogens is 288 g/mol. The molecule has 5 heteroatoms. The minimum atomic E-state index is 0.0217. The summed E-state index contributed by atoms with van der Waals surface area (Å²) in [7, 11) is 0. The molecule has 0 fully saturated rings. The van der Waals surface area contributed by atoms with Crippen molar-refractivity contribution in [2.45, 2.75) is 34.1 Å². The van der Waals surface area contributed by atoms with Crippen molar-refractivity contribution in [1.29, 1.82) is 0 Å². The number of rotatable bonds is 4. The quantitative estimate of drug-likeness (QED) is 0.598. The molecule has 0 N–H and O–H groups in total. The molecule has 0 atom stereocenters. The molecule has 4 nitrogen and oxygen atoms in total. The van der Waals surface area contributed by atoms with Crippen LogP contribution in [0.5, 0.6) is 11.6 Å². The summed E-state index contributed by atoms with van der Waals surface area (Å²) in [6, 6.07) is 7.08. The van der Waals surface area contributed by atoms with Crippen molar-refractivity contribution >= 4 is 17.4 Å². The maximum atomic E-state index is 11.8. The Morgan fingerprint density at radius 2 is 1.95 bits per heavy atom. The number of carbonyl (C=O) groups excluding carboxylic acids is 1. The van der Waals surface area contributed by atoms with Crippen molar-refractivity contribution in [1.82, 2.24) is 9.97 Å². The normalized spacial score (nSPS) is 9.57. The van der Waals surface area contributed by atoms with Gasteiger partial charge in [-0.15, -0.1) is 0 Å². The second-order valence-electron chi connectivity index (χ2n) is 4.00. The second-order valence-corrected chi connectivity index (χ2v) is 4.34. The maximum Gasteiger partial charge on any atom is 0.226 e. The van der Waals surface area contributed by atoms with Gasteiger partial charge in [-0.05, 0) is 30.7 Å². The largest absolute Gasteiger partial charge is 0.438 e. The smallest absolute Gasteiger partial charge is 0.226 e. The molecule has 0 aliphatic carbocycles. The van der Waals surface area contributed by atoms with Crippen LogP contribution in [0.3, 0.4) is 0 Å². The van der Waals surface area contributed by atoms with Crippen molar-refractivity contribution in [3.8, 4) is 11.6 Å². The van der Waals surface area contributed by atoms with Crippen LogP contribution in [0.15, 0.2) is 30.5 Å². The van der Waals surface area contributed by atoms with Gasteiger partial charge in [0.1, 0.15) is 5.75 Å². The summed E-state index contributed by atoms with van der Waals surface area (Å²) in [6.45, 7) is 7.63. The Morgan fingerprint density at radius 3 is 2.62 bits per heavy atom. The van der Waals surface area contributed by atoms with Gasteiger partial charge in [0.2, 0.25) is 11.2 Å². The molecule has 0 saturated carbocycles. The number of hydrogen-bond donors (Lipinski definition) is 0. The molecule has 0 aliphatic heterocycles. The molecule has 0 amide bonds. The molecule has 0 saturated heterocycles. The number of aryl methyl sites for hydroxylation is 1. The number of ether oxygens (including phenoxy) is 1. The molecule has 2 rings (SSSR count). The number of carbonyl (C=O) groups is 1. The lowest BCUT2D eigenvalue weighted by atomic mass is 10.1. The van der Waals surface area contributed by atoms with Gasteiger partial charge < -0.3 is 4.74 Å². The standard InChI is InChI=1S/C14H13ClN2O2.C2H6/c1-3-11(18)10-6-4-5-7-12(10)19-13-9(2)8-16-14(15)17-13;1-2/h4-8H,3H2,1-2H3;1-2H3. The van der Waals surface area contributed by atoms with Gasteiger partial charge >= 0.3 is 0 Å². The van der Waals surface area contributed by atoms with E-state index in [1.54, 1.807) is 30.5 Å². The Balaban J connectivity index is 0.00000106. The number of hydrogen-bond acceptors (Lipinski definition) is 4. The van der Waals surface area contributed by atoms with Crippen molar-refractivity contribution in [2.24, 2.45) is 0 Å². The van der Waals surface area contributed by atoms with Gasteiger partial charge in [-0.2, -0.15) is 4.98 Å². The number of Topliss-reactive ketones (excluding diaryl/α,β-unsaturated/α-hetero) is 1. The first-order valence-corrected chi connectivity index (χ1v) is 7.29. The molecule has 21 heavy (non-hydrogen) atoms. The summed E-state index contributed by atoms with van der Waals surface area (Å²) in [6.07, 6.45) is 2.00. The second kappa shape index (κ2) is 8.37. The van der Waals surface area contributed by atoms with E-state index in [1.165, 1.54) is 0 Å². The third-order valence-corrected chi connectivity index (χ3v) is 2.79. The first-order chi connectivity index (χ1) is 10.1. The fourth-order valence-electron chi connectivity index (χ4n) is 1.59. The topological polar surface area (TPSA) is 52.1 Å². The first kappa shape index (κ1) is 17.1. The van der Waals surface area contributed by atoms with Crippen LogP contribution in [0.2, 0.25) is 5.28 Å². The van der Waals surface area contributed by atoms with E-state index in [4.69, 9.17) is 16.3 Å². The maximum absolute atomic E-state index is 11.8. The molecule has 1 aromatic heterocycles. The van der Waals surface area contributed by atoms with Gasteiger partial charge in [0.05, 0.1) is 5.56 Å². The third-order valence-electron chi connectivity index (χ3n) is 2.61. The molecule has 0 unspecified atom stereocenters. The van der Waals surface area contributed by atoms with E-state index in [2.05, 4.69) is 9.97 Å². The van der Waals surface area contributed by atoms with E-state index >= 15 is 0 Å². The summed E-state index contributed by atoms with van der Waals surface area (Å²) in [5.74, 6) is 0.858. The Hall–Kier alpha value is -1.94. The molecule has 1 heterocycles. The predicted molar refractivity (Wildman–Crippen MR) is 84.3 cm³/mol. The number of aromatic nitrogens is 2. The number of benzene rings is 1. The Morgan fingerprint density at radius 1 is 1.29 bits per heavy atom. The third kappa shape index (κ3) is 4.53. The van der Waals surface area contributed by atoms with Crippen molar-refractivity contribution in [3.05, 3.63) is 46.9 Å². The molecule has 0 radical (unpaired) electrons. The zero-order valence-electron chi connectivity index (χ0n) is 12.7. The molecular formula is C16H19ClN2O2. The summed E-state index contributed by atoms with van der Waals surface area (Å²) >= 11 is 5.74. The fourth-order valence-corrected chi connectivity index (χ4v) is 1.72. The molecule has 112 valence electrons. The van der Waals surface area contributed by atoms with Gasteiger partial charge in [-0.3, -0.25) is 4.79 Å². The van der Waals surface area contributed by atoms with Gasteiger partial charge in [0, 0.05) is 18.2 Å². The number of para-hydroxylation sites is 1. The van der Waals surface area contributed by atoms with Gasteiger partial charge in [-0.25, -0.2) is 4.98 Å². The average Bonchev–Trinajstić information content (AvgIpc) is 2.52. The van der Waals surface area contributed by atoms with Crippen molar-refractivity contribution in [2.75, 3.05) is 0 Å². The lowest BCUT2D eigenvalue weighted by Crippen LogP contribution is -2.01. The average molecular weight is 307 g/mol. The van der Waals surface area contributed by atoms with Gasteiger partial charge in [0.25, 0.3) is 0 Å². The SMILES string of the molecule is CC.CCC(=O)c1ccccc1Oc1nc(Cl)ncc1C. The van der Waals surface area contributed by atoms with Crippen molar-refractivity contribution in [3.63, 3.8) is 0 Å². The zero-order valence-corrected chi connectivity index (χ0v) is 13.4. The molecule has 0 aliphatic rings.